The van der Waals surface area contributed by atoms with Crippen LogP contribution in [-0.2, 0) is 6.61 Å². The fraction of sp³-hybridized carbons (Fsp3) is 0.0435. The highest BCUT2D eigenvalue weighted by atomic mass is 35.5. The van der Waals surface area contributed by atoms with Crippen molar-refractivity contribution < 1.29 is 9.53 Å². The molecule has 7 heteroatoms. The van der Waals surface area contributed by atoms with E-state index in [0.29, 0.717) is 27.9 Å². The molecule has 150 valence electrons. The van der Waals surface area contributed by atoms with E-state index in [-0.39, 0.29) is 11.0 Å². The molecule has 0 saturated heterocycles. The second-order valence-electron chi connectivity index (χ2n) is 6.45. The van der Waals surface area contributed by atoms with Crippen LogP contribution in [0.25, 0.3) is 10.1 Å². The summed E-state index contributed by atoms with van der Waals surface area (Å²) in [6, 6.07) is 24.9. The van der Waals surface area contributed by atoms with Gasteiger partial charge in [0.25, 0.3) is 5.91 Å². The highest BCUT2D eigenvalue weighted by molar-refractivity contribution is 7.80. The van der Waals surface area contributed by atoms with Gasteiger partial charge in [0.15, 0.2) is 5.11 Å². The Morgan fingerprint density at radius 3 is 2.57 bits per heavy atom. The summed E-state index contributed by atoms with van der Waals surface area (Å²) in [6.07, 6.45) is 0. The molecule has 0 unspecified atom stereocenters. The number of thiophene rings is 1. The van der Waals surface area contributed by atoms with E-state index < -0.39 is 0 Å². The first kappa shape index (κ1) is 20.3. The maximum Gasteiger partial charge on any atom is 0.269 e. The number of rotatable bonds is 5. The van der Waals surface area contributed by atoms with E-state index in [4.69, 9.17) is 28.6 Å². The minimum absolute atomic E-state index is 0.189. The van der Waals surface area contributed by atoms with Crippen LogP contribution in [0.1, 0.15) is 15.2 Å². The van der Waals surface area contributed by atoms with E-state index in [0.717, 1.165) is 15.6 Å². The number of benzene rings is 3. The summed E-state index contributed by atoms with van der Waals surface area (Å²) in [5.41, 5.74) is 1.80. The van der Waals surface area contributed by atoms with Crippen molar-refractivity contribution in [2.75, 3.05) is 5.32 Å². The molecule has 1 aromatic heterocycles. The second-order valence-corrected chi connectivity index (χ2v) is 8.29. The number of nitrogens with one attached hydrogen (secondary N) is 2. The monoisotopic (exact) mass is 452 g/mol. The molecule has 4 nitrogen and oxygen atoms in total. The topological polar surface area (TPSA) is 50.4 Å². The van der Waals surface area contributed by atoms with Crippen molar-refractivity contribution in [1.29, 1.82) is 0 Å². The molecule has 0 atom stereocenters. The maximum atomic E-state index is 12.6. The van der Waals surface area contributed by atoms with E-state index in [1.54, 1.807) is 0 Å². The summed E-state index contributed by atoms with van der Waals surface area (Å²) >= 11 is 13.0. The molecule has 1 amide bonds. The number of hydrogen-bond acceptors (Lipinski definition) is 4. The highest BCUT2D eigenvalue weighted by Crippen LogP contribution is 2.35. The van der Waals surface area contributed by atoms with E-state index in [9.17, 15) is 4.79 Å². The van der Waals surface area contributed by atoms with Gasteiger partial charge in [-0.3, -0.25) is 10.1 Å². The Hall–Kier alpha value is -2.93. The average Bonchev–Trinajstić information content (AvgIpc) is 3.10. The van der Waals surface area contributed by atoms with Crippen LogP contribution in [0, 0.1) is 0 Å². The van der Waals surface area contributed by atoms with Crippen LogP contribution in [0.2, 0.25) is 5.02 Å². The minimum Gasteiger partial charge on any atom is -0.489 e. The van der Waals surface area contributed by atoms with Crippen molar-refractivity contribution in [3.63, 3.8) is 0 Å². The Balaban J connectivity index is 1.38. The molecule has 0 bridgehead atoms. The molecule has 30 heavy (non-hydrogen) atoms. The first-order chi connectivity index (χ1) is 14.6. The summed E-state index contributed by atoms with van der Waals surface area (Å²) in [7, 11) is 0. The van der Waals surface area contributed by atoms with Gasteiger partial charge in [-0.1, -0.05) is 66.2 Å². The summed E-state index contributed by atoms with van der Waals surface area (Å²) < 4.78 is 6.78. The Morgan fingerprint density at radius 1 is 1.00 bits per heavy atom. The van der Waals surface area contributed by atoms with Crippen molar-refractivity contribution >= 4 is 61.9 Å². The van der Waals surface area contributed by atoms with Crippen molar-refractivity contribution in [2.24, 2.45) is 0 Å². The molecule has 1 heterocycles. The first-order valence-corrected chi connectivity index (χ1v) is 10.8. The Labute approximate surface area is 188 Å². The van der Waals surface area contributed by atoms with Gasteiger partial charge in [0.05, 0.1) is 5.02 Å². The zero-order chi connectivity index (χ0) is 20.9. The van der Waals surface area contributed by atoms with Gasteiger partial charge in [-0.15, -0.1) is 11.3 Å². The number of ether oxygens (including phenoxy) is 1. The molecule has 0 aliphatic carbocycles. The highest BCUT2D eigenvalue weighted by Gasteiger charge is 2.17. The number of thiocarbonyl (C=S) groups is 1. The number of carbonyl (C=O) groups excluding carboxylic acids is 1. The van der Waals surface area contributed by atoms with Crippen LogP contribution in [0.5, 0.6) is 5.75 Å². The molecular weight excluding hydrogens is 436 g/mol. The molecule has 0 fully saturated rings. The van der Waals surface area contributed by atoms with Gasteiger partial charge >= 0.3 is 0 Å². The molecule has 0 saturated carbocycles. The summed E-state index contributed by atoms with van der Waals surface area (Å²) in [6.45, 7) is 0.468. The molecular formula is C23H17ClN2O2S2. The molecule has 4 rings (SSSR count). The van der Waals surface area contributed by atoms with E-state index in [2.05, 4.69) is 10.6 Å². The van der Waals surface area contributed by atoms with Crippen LogP contribution < -0.4 is 15.4 Å². The predicted molar refractivity (Wildman–Crippen MR) is 128 cm³/mol. The van der Waals surface area contributed by atoms with Crippen LogP contribution in [0.3, 0.4) is 0 Å². The smallest absolute Gasteiger partial charge is 0.269 e. The molecule has 3 aromatic carbocycles. The predicted octanol–water partition coefficient (Wildman–Crippen LogP) is 6.26. The van der Waals surface area contributed by atoms with E-state index >= 15 is 0 Å². The van der Waals surface area contributed by atoms with Crippen LogP contribution >= 0.6 is 35.2 Å². The largest absolute Gasteiger partial charge is 0.489 e. The third-order valence-corrected chi connectivity index (χ3v) is 6.19. The summed E-state index contributed by atoms with van der Waals surface area (Å²) in [4.78, 5) is 13.1. The number of fused-ring (bicyclic) bond motifs is 1. The lowest BCUT2D eigenvalue weighted by Gasteiger charge is -2.11. The maximum absolute atomic E-state index is 12.6. The third-order valence-electron chi connectivity index (χ3n) is 4.31. The van der Waals surface area contributed by atoms with E-state index in [1.165, 1.54) is 11.3 Å². The van der Waals surface area contributed by atoms with Crippen LogP contribution in [0.4, 0.5) is 5.69 Å². The zero-order valence-corrected chi connectivity index (χ0v) is 18.1. The Kier molecular flexibility index (Phi) is 6.28. The molecule has 0 aliphatic rings. The lowest BCUT2D eigenvalue weighted by molar-refractivity contribution is 0.0982. The van der Waals surface area contributed by atoms with Crippen molar-refractivity contribution in [3.05, 3.63) is 94.3 Å². The van der Waals surface area contributed by atoms with Gasteiger partial charge < -0.3 is 10.1 Å². The van der Waals surface area contributed by atoms with Crippen LogP contribution in [0.15, 0.2) is 78.9 Å². The number of anilines is 1. The van der Waals surface area contributed by atoms with Crippen molar-refractivity contribution in [3.8, 4) is 5.75 Å². The van der Waals surface area contributed by atoms with Gasteiger partial charge in [-0.05, 0) is 36.0 Å². The molecule has 4 aromatic rings. The first-order valence-electron chi connectivity index (χ1n) is 9.16. The van der Waals surface area contributed by atoms with Crippen LogP contribution in [-0.4, -0.2) is 11.0 Å². The summed E-state index contributed by atoms with van der Waals surface area (Å²) in [5.74, 6) is 0.362. The fourth-order valence-corrected chi connectivity index (χ4v) is 4.51. The third kappa shape index (κ3) is 4.79. The SMILES string of the molecule is O=C(NC(=S)Nc1cccc(OCc2ccccc2)c1)c1sc2ccccc2c1Cl. The second kappa shape index (κ2) is 9.26. The quantitative estimate of drug-likeness (QED) is 0.351. The molecule has 0 spiro atoms. The molecule has 2 N–H and O–H groups in total. The fourth-order valence-electron chi connectivity index (χ4n) is 2.89. The van der Waals surface area contributed by atoms with Gasteiger partial charge in [-0.25, -0.2) is 0 Å². The number of carbonyl (C=O) groups is 1. The van der Waals surface area contributed by atoms with Gasteiger partial charge in [0.1, 0.15) is 17.2 Å². The lowest BCUT2D eigenvalue weighted by atomic mass is 10.2. The van der Waals surface area contributed by atoms with Gasteiger partial charge in [-0.2, -0.15) is 0 Å². The van der Waals surface area contributed by atoms with E-state index in [1.807, 2.05) is 78.9 Å². The Morgan fingerprint density at radius 2 is 1.77 bits per heavy atom. The van der Waals surface area contributed by atoms with Gasteiger partial charge in [0.2, 0.25) is 0 Å². The standard InChI is InChI=1S/C23H17ClN2O2S2/c24-20-18-11-4-5-12-19(18)30-21(20)22(27)26-23(29)25-16-9-6-10-17(13-16)28-14-15-7-2-1-3-8-15/h1-13H,14H2,(H2,25,26,27,29). The summed E-state index contributed by atoms with van der Waals surface area (Å²) in [5, 5.41) is 7.19. The van der Waals surface area contributed by atoms with Crippen molar-refractivity contribution in [2.45, 2.75) is 6.61 Å². The lowest BCUT2D eigenvalue weighted by Crippen LogP contribution is -2.33. The van der Waals surface area contributed by atoms with Crippen molar-refractivity contribution in [1.82, 2.24) is 5.32 Å². The zero-order valence-electron chi connectivity index (χ0n) is 15.7. The molecule has 0 radical (unpaired) electrons. The Bertz CT molecular complexity index is 1210. The minimum atomic E-state index is -0.338. The normalized spacial score (nSPS) is 10.6. The molecule has 0 aliphatic heterocycles. The number of amides is 1. The van der Waals surface area contributed by atoms with Gasteiger partial charge in [0, 0.05) is 21.8 Å². The average molecular weight is 453 g/mol. The number of halogens is 1. The number of hydrogen-bond donors (Lipinski definition) is 2.